The fraction of sp³-hybridized carbons (Fsp3) is 0.455. The van der Waals surface area contributed by atoms with E-state index in [4.69, 9.17) is 16.3 Å². The minimum atomic E-state index is -0.477. The maximum atomic E-state index is 10.8. The highest BCUT2D eigenvalue weighted by molar-refractivity contribution is 6.32. The van der Waals surface area contributed by atoms with Crippen molar-refractivity contribution in [3.63, 3.8) is 0 Å². The SMILES string of the molecule is CNC1CC(Oc2c(Cl)cccc2[N+](=O)[O-])C1. The molecule has 0 atom stereocenters. The molecule has 1 aliphatic carbocycles. The molecule has 17 heavy (non-hydrogen) atoms. The maximum absolute atomic E-state index is 10.8. The molecule has 1 saturated carbocycles. The number of ether oxygens (including phenoxy) is 1. The van der Waals surface area contributed by atoms with Gasteiger partial charge in [0.25, 0.3) is 0 Å². The normalized spacial score (nSPS) is 22.9. The van der Waals surface area contributed by atoms with Crippen LogP contribution >= 0.6 is 11.6 Å². The smallest absolute Gasteiger partial charge is 0.312 e. The van der Waals surface area contributed by atoms with Gasteiger partial charge in [0.15, 0.2) is 0 Å². The Morgan fingerprint density at radius 1 is 1.53 bits per heavy atom. The Morgan fingerprint density at radius 2 is 2.24 bits per heavy atom. The highest BCUT2D eigenvalue weighted by atomic mass is 35.5. The Morgan fingerprint density at radius 3 is 2.82 bits per heavy atom. The van der Waals surface area contributed by atoms with E-state index in [1.807, 2.05) is 7.05 Å². The van der Waals surface area contributed by atoms with Gasteiger partial charge in [-0.25, -0.2) is 0 Å². The van der Waals surface area contributed by atoms with Crippen molar-refractivity contribution >= 4 is 17.3 Å². The molecule has 0 unspecified atom stereocenters. The third kappa shape index (κ3) is 2.50. The van der Waals surface area contributed by atoms with E-state index in [1.165, 1.54) is 6.07 Å². The number of nitro benzene ring substituents is 1. The van der Waals surface area contributed by atoms with Crippen molar-refractivity contribution in [2.75, 3.05) is 7.05 Å². The molecule has 1 N–H and O–H groups in total. The lowest BCUT2D eigenvalue weighted by atomic mass is 9.89. The summed E-state index contributed by atoms with van der Waals surface area (Å²) in [6.07, 6.45) is 1.70. The first-order valence-corrected chi connectivity index (χ1v) is 5.76. The molecule has 1 aliphatic rings. The zero-order valence-corrected chi connectivity index (χ0v) is 10.1. The minimum absolute atomic E-state index is 0.00560. The fourth-order valence-electron chi connectivity index (χ4n) is 1.82. The molecule has 0 bridgehead atoms. The molecule has 1 fully saturated rings. The first-order valence-electron chi connectivity index (χ1n) is 5.38. The molecule has 0 aromatic heterocycles. The highest BCUT2D eigenvalue weighted by Gasteiger charge is 2.32. The number of halogens is 1. The lowest BCUT2D eigenvalue weighted by Gasteiger charge is -2.35. The lowest BCUT2D eigenvalue weighted by Crippen LogP contribution is -2.45. The van der Waals surface area contributed by atoms with Crippen molar-refractivity contribution in [3.8, 4) is 5.75 Å². The molecule has 0 aliphatic heterocycles. The first-order chi connectivity index (χ1) is 8.11. The van der Waals surface area contributed by atoms with Crippen LogP contribution in [-0.4, -0.2) is 24.1 Å². The molecule has 0 amide bonds. The van der Waals surface area contributed by atoms with Gasteiger partial charge in [-0.15, -0.1) is 0 Å². The van der Waals surface area contributed by atoms with Crippen molar-refractivity contribution in [3.05, 3.63) is 33.3 Å². The van der Waals surface area contributed by atoms with Gasteiger partial charge in [-0.1, -0.05) is 17.7 Å². The van der Waals surface area contributed by atoms with Crippen LogP contribution in [0.2, 0.25) is 5.02 Å². The Bertz CT molecular complexity index is 433. The molecule has 5 nitrogen and oxygen atoms in total. The van der Waals surface area contributed by atoms with Crippen LogP contribution in [0, 0.1) is 10.1 Å². The second-order valence-electron chi connectivity index (χ2n) is 4.04. The molecular weight excluding hydrogens is 244 g/mol. The van der Waals surface area contributed by atoms with E-state index in [2.05, 4.69) is 5.32 Å². The van der Waals surface area contributed by atoms with Gasteiger partial charge in [-0.05, 0) is 26.0 Å². The Labute approximate surface area is 104 Å². The Kier molecular flexibility index (Phi) is 3.49. The summed E-state index contributed by atoms with van der Waals surface area (Å²) in [4.78, 5) is 10.4. The van der Waals surface area contributed by atoms with E-state index < -0.39 is 4.92 Å². The summed E-state index contributed by atoms with van der Waals surface area (Å²) in [6.45, 7) is 0. The Balaban J connectivity index is 2.12. The predicted octanol–water partition coefficient (Wildman–Crippen LogP) is 2.38. The minimum Gasteiger partial charge on any atom is -0.482 e. The van der Waals surface area contributed by atoms with Gasteiger partial charge in [0, 0.05) is 12.1 Å². The molecule has 1 aromatic rings. The quantitative estimate of drug-likeness (QED) is 0.664. The number of benzene rings is 1. The fourth-order valence-corrected chi connectivity index (χ4v) is 2.04. The first kappa shape index (κ1) is 12.1. The van der Waals surface area contributed by atoms with E-state index >= 15 is 0 Å². The molecule has 1 aromatic carbocycles. The van der Waals surface area contributed by atoms with Crippen molar-refractivity contribution < 1.29 is 9.66 Å². The van der Waals surface area contributed by atoms with Crippen LogP contribution in [0.4, 0.5) is 5.69 Å². The topological polar surface area (TPSA) is 64.4 Å². The molecule has 6 heteroatoms. The van der Waals surface area contributed by atoms with Crippen LogP contribution in [0.5, 0.6) is 5.75 Å². The standard InChI is InChI=1S/C11H13ClN2O3/c1-13-7-5-8(6-7)17-11-9(12)3-2-4-10(11)14(15)16/h2-4,7-8,13H,5-6H2,1H3. The van der Waals surface area contributed by atoms with Crippen LogP contribution in [0.25, 0.3) is 0 Å². The van der Waals surface area contributed by atoms with Gasteiger partial charge < -0.3 is 10.1 Å². The van der Waals surface area contributed by atoms with Gasteiger partial charge in [0.1, 0.15) is 6.10 Å². The number of rotatable bonds is 4. The van der Waals surface area contributed by atoms with Crippen molar-refractivity contribution in [1.29, 1.82) is 0 Å². The predicted molar refractivity (Wildman–Crippen MR) is 64.6 cm³/mol. The molecule has 92 valence electrons. The van der Waals surface area contributed by atoms with Crippen molar-refractivity contribution in [2.45, 2.75) is 25.0 Å². The van der Waals surface area contributed by atoms with E-state index in [9.17, 15) is 10.1 Å². The van der Waals surface area contributed by atoms with Crippen LogP contribution in [0.1, 0.15) is 12.8 Å². The van der Waals surface area contributed by atoms with Crippen LogP contribution in [0.15, 0.2) is 18.2 Å². The van der Waals surface area contributed by atoms with Gasteiger partial charge in [-0.3, -0.25) is 10.1 Å². The second-order valence-corrected chi connectivity index (χ2v) is 4.45. The zero-order valence-electron chi connectivity index (χ0n) is 9.35. The van der Waals surface area contributed by atoms with E-state index in [1.54, 1.807) is 12.1 Å². The number of nitro groups is 1. The number of hydrogen-bond acceptors (Lipinski definition) is 4. The summed E-state index contributed by atoms with van der Waals surface area (Å²) in [5.41, 5.74) is -0.0783. The summed E-state index contributed by atoms with van der Waals surface area (Å²) < 4.78 is 5.59. The average molecular weight is 257 g/mol. The summed E-state index contributed by atoms with van der Waals surface area (Å²) in [5, 5.41) is 14.2. The van der Waals surface area contributed by atoms with Crippen molar-refractivity contribution in [1.82, 2.24) is 5.32 Å². The summed E-state index contributed by atoms with van der Waals surface area (Å²) in [7, 11) is 1.89. The molecular formula is C11H13ClN2O3. The third-order valence-corrected chi connectivity index (χ3v) is 3.23. The van der Waals surface area contributed by atoms with Crippen LogP contribution < -0.4 is 10.1 Å². The van der Waals surface area contributed by atoms with Crippen LogP contribution in [-0.2, 0) is 0 Å². The van der Waals surface area contributed by atoms with Gasteiger partial charge >= 0.3 is 5.69 Å². The second kappa shape index (κ2) is 4.89. The summed E-state index contributed by atoms with van der Waals surface area (Å²) in [5.74, 6) is 0.179. The van der Waals surface area contributed by atoms with E-state index in [0.29, 0.717) is 6.04 Å². The lowest BCUT2D eigenvalue weighted by molar-refractivity contribution is -0.386. The molecule has 0 heterocycles. The summed E-state index contributed by atoms with van der Waals surface area (Å²) >= 11 is 5.92. The van der Waals surface area contributed by atoms with Crippen molar-refractivity contribution in [2.24, 2.45) is 0 Å². The number of para-hydroxylation sites is 1. The van der Waals surface area contributed by atoms with E-state index in [0.717, 1.165) is 12.8 Å². The maximum Gasteiger partial charge on any atom is 0.312 e. The average Bonchev–Trinajstić information content (AvgIpc) is 2.24. The van der Waals surface area contributed by atoms with Gasteiger partial charge in [0.05, 0.1) is 9.95 Å². The molecule has 0 spiro atoms. The summed E-state index contributed by atoms with van der Waals surface area (Å²) in [6, 6.07) is 4.97. The van der Waals surface area contributed by atoms with Gasteiger partial charge in [-0.2, -0.15) is 0 Å². The number of nitrogens with one attached hydrogen (secondary N) is 1. The van der Waals surface area contributed by atoms with Gasteiger partial charge in [0.2, 0.25) is 5.75 Å². The number of nitrogens with zero attached hydrogens (tertiary/aromatic N) is 1. The zero-order chi connectivity index (χ0) is 12.4. The molecule has 2 rings (SSSR count). The molecule has 0 saturated heterocycles. The van der Waals surface area contributed by atoms with Crippen LogP contribution in [0.3, 0.4) is 0 Å². The van der Waals surface area contributed by atoms with E-state index in [-0.39, 0.29) is 22.6 Å². The Hall–Kier alpha value is -1.33. The monoisotopic (exact) mass is 256 g/mol. The third-order valence-electron chi connectivity index (χ3n) is 2.93. The molecule has 0 radical (unpaired) electrons. The number of hydrogen-bond donors (Lipinski definition) is 1. The highest BCUT2D eigenvalue weighted by Crippen LogP contribution is 2.37. The largest absolute Gasteiger partial charge is 0.482 e.